The van der Waals surface area contributed by atoms with E-state index in [1.54, 1.807) is 18.5 Å². The quantitative estimate of drug-likeness (QED) is 0.520. The maximum atomic E-state index is 12.4. The highest BCUT2D eigenvalue weighted by Crippen LogP contribution is 2.19. The van der Waals surface area contributed by atoms with Crippen molar-refractivity contribution in [1.29, 1.82) is 0 Å². The molecule has 3 rings (SSSR count). The van der Waals surface area contributed by atoms with Gasteiger partial charge in [0.1, 0.15) is 0 Å². The molecule has 0 spiro atoms. The van der Waals surface area contributed by atoms with Crippen molar-refractivity contribution < 1.29 is 14.3 Å². The number of fused-ring (bicyclic) bond motifs is 1. The minimum atomic E-state index is -0.650. The lowest BCUT2D eigenvalue weighted by atomic mass is 10.3. The largest absolute Gasteiger partial charge is 0.461 e. The highest BCUT2D eigenvalue weighted by Gasteiger charge is 2.19. The standard InChI is InChI=1S/C16H19N7O5S/c1-4-28-15(26)10-13(29-20-19-10)18-9(24)6-5-7-23-8-17-12-11(23)14(25)22(3)16(27)21(12)2/h8H,4-7H2,1-3H3,(H,18,24). The third-order valence-electron chi connectivity index (χ3n) is 4.23. The summed E-state index contributed by atoms with van der Waals surface area (Å²) in [5, 5.41) is 6.51. The van der Waals surface area contributed by atoms with Gasteiger partial charge in [0.15, 0.2) is 16.2 Å². The van der Waals surface area contributed by atoms with Crippen LogP contribution in [-0.2, 0) is 30.2 Å². The zero-order valence-corrected chi connectivity index (χ0v) is 16.9. The van der Waals surface area contributed by atoms with E-state index in [-0.39, 0.29) is 35.3 Å². The molecule has 0 bridgehead atoms. The molecule has 0 radical (unpaired) electrons. The highest BCUT2D eigenvalue weighted by atomic mass is 32.1. The fourth-order valence-electron chi connectivity index (χ4n) is 2.77. The molecule has 29 heavy (non-hydrogen) atoms. The predicted octanol–water partition coefficient (Wildman–Crippen LogP) is -0.119. The van der Waals surface area contributed by atoms with Crippen LogP contribution in [0.1, 0.15) is 30.3 Å². The molecule has 0 aliphatic rings. The maximum absolute atomic E-state index is 12.4. The lowest BCUT2D eigenvalue weighted by molar-refractivity contribution is -0.116. The van der Waals surface area contributed by atoms with Crippen LogP contribution in [-0.4, -0.2) is 46.8 Å². The number of amides is 1. The van der Waals surface area contributed by atoms with E-state index >= 15 is 0 Å². The van der Waals surface area contributed by atoms with Crippen molar-refractivity contribution in [3.05, 3.63) is 32.9 Å². The molecule has 13 heteroatoms. The van der Waals surface area contributed by atoms with Gasteiger partial charge in [0, 0.05) is 38.6 Å². The number of carbonyl (C=O) groups excluding carboxylic acids is 2. The van der Waals surface area contributed by atoms with Crippen LogP contribution >= 0.6 is 11.5 Å². The second-order valence-electron chi connectivity index (χ2n) is 6.14. The number of aromatic nitrogens is 6. The van der Waals surface area contributed by atoms with Gasteiger partial charge in [-0.05, 0) is 13.3 Å². The highest BCUT2D eigenvalue weighted by molar-refractivity contribution is 7.10. The number of imidazole rings is 1. The topological polar surface area (TPSA) is 143 Å². The molecule has 3 aromatic heterocycles. The van der Waals surface area contributed by atoms with Crippen LogP contribution in [0.3, 0.4) is 0 Å². The minimum Gasteiger partial charge on any atom is -0.461 e. The van der Waals surface area contributed by atoms with Crippen LogP contribution in [0.2, 0.25) is 0 Å². The zero-order valence-electron chi connectivity index (χ0n) is 16.0. The summed E-state index contributed by atoms with van der Waals surface area (Å²) in [6.45, 7) is 2.21. The van der Waals surface area contributed by atoms with Gasteiger partial charge in [-0.25, -0.2) is 14.6 Å². The summed E-state index contributed by atoms with van der Waals surface area (Å²) in [6, 6.07) is 0. The van der Waals surface area contributed by atoms with Gasteiger partial charge >= 0.3 is 11.7 Å². The number of esters is 1. The molecule has 0 saturated carbocycles. The summed E-state index contributed by atoms with van der Waals surface area (Å²) in [6.07, 6.45) is 2.01. The van der Waals surface area contributed by atoms with E-state index in [0.717, 1.165) is 16.1 Å². The Labute approximate surface area is 167 Å². The summed E-state index contributed by atoms with van der Waals surface area (Å²) < 4.78 is 12.5. The van der Waals surface area contributed by atoms with Crippen molar-refractivity contribution >= 4 is 39.6 Å². The fraction of sp³-hybridized carbons (Fsp3) is 0.438. The van der Waals surface area contributed by atoms with Crippen LogP contribution in [0.5, 0.6) is 0 Å². The summed E-state index contributed by atoms with van der Waals surface area (Å²) in [4.78, 5) is 52.5. The predicted molar refractivity (Wildman–Crippen MR) is 104 cm³/mol. The van der Waals surface area contributed by atoms with Crippen LogP contribution in [0.4, 0.5) is 5.00 Å². The van der Waals surface area contributed by atoms with Crippen molar-refractivity contribution in [3.8, 4) is 0 Å². The SMILES string of the molecule is CCOC(=O)c1nnsc1NC(=O)CCCn1cnc2c1c(=O)n(C)c(=O)n2C. The van der Waals surface area contributed by atoms with Crippen molar-refractivity contribution in [2.45, 2.75) is 26.3 Å². The number of aryl methyl sites for hydroxylation is 2. The molecule has 154 valence electrons. The first-order valence-corrected chi connectivity index (χ1v) is 9.52. The molecule has 12 nitrogen and oxygen atoms in total. The molecular weight excluding hydrogens is 402 g/mol. The van der Waals surface area contributed by atoms with Crippen LogP contribution in [0, 0.1) is 0 Å². The Bertz CT molecular complexity index is 1190. The molecule has 0 saturated heterocycles. The number of hydrogen-bond acceptors (Lipinski definition) is 9. The van der Waals surface area contributed by atoms with E-state index in [4.69, 9.17) is 4.74 Å². The maximum Gasteiger partial charge on any atom is 0.362 e. The normalized spacial score (nSPS) is 11.0. The molecule has 0 unspecified atom stereocenters. The second-order valence-corrected chi connectivity index (χ2v) is 6.89. The molecule has 0 atom stereocenters. The smallest absolute Gasteiger partial charge is 0.362 e. The average molecular weight is 421 g/mol. The Morgan fingerprint density at radius 1 is 1.24 bits per heavy atom. The number of anilines is 1. The molecule has 1 amide bonds. The molecule has 0 aliphatic carbocycles. The molecule has 1 N–H and O–H groups in total. The molecule has 0 aromatic carbocycles. The first-order valence-electron chi connectivity index (χ1n) is 8.75. The lowest BCUT2D eigenvalue weighted by Gasteiger charge is -2.07. The van der Waals surface area contributed by atoms with Crippen LogP contribution in [0.15, 0.2) is 15.9 Å². The molecular formula is C16H19N7O5S. The molecule has 0 fully saturated rings. The molecule has 3 heterocycles. The van der Waals surface area contributed by atoms with Gasteiger partial charge in [0.25, 0.3) is 5.56 Å². The van der Waals surface area contributed by atoms with Crippen molar-refractivity contribution in [2.75, 3.05) is 11.9 Å². The Morgan fingerprint density at radius 2 is 2.00 bits per heavy atom. The lowest BCUT2D eigenvalue weighted by Crippen LogP contribution is -2.37. The van der Waals surface area contributed by atoms with E-state index in [2.05, 4.69) is 19.9 Å². The van der Waals surface area contributed by atoms with Gasteiger partial charge < -0.3 is 14.6 Å². The second kappa shape index (κ2) is 8.34. The Morgan fingerprint density at radius 3 is 2.72 bits per heavy atom. The number of carbonyl (C=O) groups is 2. The number of nitrogens with zero attached hydrogens (tertiary/aromatic N) is 6. The number of rotatable bonds is 7. The van der Waals surface area contributed by atoms with E-state index in [1.807, 2.05) is 0 Å². The van der Waals surface area contributed by atoms with Gasteiger partial charge in [0.05, 0.1) is 12.9 Å². The van der Waals surface area contributed by atoms with Crippen LogP contribution < -0.4 is 16.6 Å². The van der Waals surface area contributed by atoms with Crippen molar-refractivity contribution in [3.63, 3.8) is 0 Å². The van der Waals surface area contributed by atoms with Gasteiger partial charge in [-0.15, -0.1) is 5.10 Å². The van der Waals surface area contributed by atoms with Gasteiger partial charge in [0.2, 0.25) is 11.6 Å². The van der Waals surface area contributed by atoms with Gasteiger partial charge in [-0.1, -0.05) is 4.49 Å². The summed E-state index contributed by atoms with van der Waals surface area (Å²) in [7, 11) is 2.94. The van der Waals surface area contributed by atoms with Gasteiger partial charge in [-0.3, -0.25) is 18.7 Å². The summed E-state index contributed by atoms with van der Waals surface area (Å²) >= 11 is 0.886. The third-order valence-corrected chi connectivity index (χ3v) is 4.87. The molecule has 3 aromatic rings. The number of ether oxygens (including phenoxy) is 1. The average Bonchev–Trinajstić information content (AvgIpc) is 3.32. The Balaban J connectivity index is 1.66. The van der Waals surface area contributed by atoms with Crippen molar-refractivity contribution in [1.82, 2.24) is 28.3 Å². The van der Waals surface area contributed by atoms with E-state index in [1.165, 1.54) is 17.9 Å². The summed E-state index contributed by atoms with van der Waals surface area (Å²) in [5.41, 5.74) is -0.346. The van der Waals surface area contributed by atoms with E-state index in [0.29, 0.717) is 18.5 Å². The zero-order chi connectivity index (χ0) is 21.1. The van der Waals surface area contributed by atoms with Crippen LogP contribution in [0.25, 0.3) is 11.2 Å². The van der Waals surface area contributed by atoms with Crippen molar-refractivity contribution in [2.24, 2.45) is 14.1 Å². The first-order chi connectivity index (χ1) is 13.8. The third kappa shape index (κ3) is 3.94. The number of nitrogens with one attached hydrogen (secondary N) is 1. The number of hydrogen-bond donors (Lipinski definition) is 1. The van der Waals surface area contributed by atoms with E-state index in [9.17, 15) is 19.2 Å². The Hall–Kier alpha value is -3.35. The summed E-state index contributed by atoms with van der Waals surface area (Å²) in [5.74, 6) is -0.978. The first kappa shape index (κ1) is 20.4. The van der Waals surface area contributed by atoms with E-state index < -0.39 is 17.2 Å². The Kier molecular flexibility index (Phi) is 5.87. The monoisotopic (exact) mass is 421 g/mol. The fourth-order valence-corrected chi connectivity index (χ4v) is 3.35. The minimum absolute atomic E-state index is 0.0322. The van der Waals surface area contributed by atoms with Gasteiger partial charge in [-0.2, -0.15) is 0 Å². The molecule has 0 aliphatic heterocycles.